The van der Waals surface area contributed by atoms with Gasteiger partial charge < -0.3 is 15.4 Å². The lowest BCUT2D eigenvalue weighted by Crippen LogP contribution is -2.36. The second kappa shape index (κ2) is 8.45. The van der Waals surface area contributed by atoms with Crippen LogP contribution in [0.1, 0.15) is 25.0 Å². The summed E-state index contributed by atoms with van der Waals surface area (Å²) in [7, 11) is -2.61. The molecule has 0 radical (unpaired) electrons. The van der Waals surface area contributed by atoms with Crippen molar-refractivity contribution in [1.29, 1.82) is 0 Å². The predicted molar refractivity (Wildman–Crippen MR) is 114 cm³/mol. The summed E-state index contributed by atoms with van der Waals surface area (Å²) in [6.45, 7) is 4.84. The number of nitrogens with one attached hydrogen (secondary N) is 2. The fourth-order valence-corrected chi connectivity index (χ4v) is 4.56. The summed E-state index contributed by atoms with van der Waals surface area (Å²) in [4.78, 5) is 24.3. The number of benzene rings is 2. The lowest BCUT2D eigenvalue weighted by Gasteiger charge is -2.25. The normalized spacial score (nSPS) is 15.9. The first-order chi connectivity index (χ1) is 14.1. The van der Waals surface area contributed by atoms with E-state index in [9.17, 15) is 18.0 Å². The number of rotatable bonds is 6. The summed E-state index contributed by atoms with van der Waals surface area (Å²) in [6.07, 6.45) is 0.0198. The summed E-state index contributed by atoms with van der Waals surface area (Å²) in [5.74, 6) is -0.450. The molecule has 0 spiro atoms. The third kappa shape index (κ3) is 4.31. The van der Waals surface area contributed by atoms with Crippen molar-refractivity contribution in [2.45, 2.75) is 38.2 Å². The first-order valence-corrected chi connectivity index (χ1v) is 11.0. The van der Waals surface area contributed by atoms with Crippen LogP contribution in [-0.2, 0) is 26.0 Å². The molecule has 8 nitrogen and oxygen atoms in total. The zero-order chi connectivity index (χ0) is 22.1. The van der Waals surface area contributed by atoms with E-state index in [2.05, 4.69) is 10.6 Å². The number of anilines is 2. The molecule has 2 aromatic rings. The van der Waals surface area contributed by atoms with Gasteiger partial charge in [0, 0.05) is 18.8 Å². The van der Waals surface area contributed by atoms with E-state index in [1.165, 1.54) is 13.1 Å². The van der Waals surface area contributed by atoms with Gasteiger partial charge in [-0.2, -0.15) is 4.31 Å². The van der Waals surface area contributed by atoms with Gasteiger partial charge in [0.05, 0.1) is 17.1 Å². The molecule has 0 saturated carbocycles. The number of likely N-dealkylation sites (N-methyl/N-ethyl adjacent to an activating group) is 1. The highest BCUT2D eigenvalue weighted by Crippen LogP contribution is 2.35. The van der Waals surface area contributed by atoms with Gasteiger partial charge in [-0.3, -0.25) is 9.59 Å². The number of hydrogen-bond donors (Lipinski definition) is 2. The second-order valence-electron chi connectivity index (χ2n) is 7.18. The highest BCUT2D eigenvalue weighted by Gasteiger charge is 2.30. The van der Waals surface area contributed by atoms with Gasteiger partial charge in [-0.25, -0.2) is 8.42 Å². The van der Waals surface area contributed by atoms with Crippen molar-refractivity contribution in [3.8, 4) is 5.75 Å². The van der Waals surface area contributed by atoms with Crippen molar-refractivity contribution < 1.29 is 22.7 Å². The number of amides is 2. The van der Waals surface area contributed by atoms with Gasteiger partial charge in [-0.15, -0.1) is 0 Å². The molecule has 0 bridgehead atoms. The Kier molecular flexibility index (Phi) is 6.14. The van der Waals surface area contributed by atoms with E-state index < -0.39 is 22.0 Å². The zero-order valence-corrected chi connectivity index (χ0v) is 18.2. The Balaban J connectivity index is 1.80. The molecule has 0 unspecified atom stereocenters. The van der Waals surface area contributed by atoms with Gasteiger partial charge in [-0.05, 0) is 43.5 Å². The fraction of sp³-hybridized carbons (Fsp3) is 0.333. The third-order valence-corrected chi connectivity index (χ3v) is 6.88. The number of nitrogens with zero attached hydrogens (tertiary/aromatic N) is 1. The Labute approximate surface area is 176 Å². The van der Waals surface area contributed by atoms with Crippen LogP contribution in [0.4, 0.5) is 11.4 Å². The Hall–Kier alpha value is -2.91. The monoisotopic (exact) mass is 431 g/mol. The highest BCUT2D eigenvalue weighted by atomic mass is 32.2. The number of fused-ring (bicyclic) bond motifs is 1. The largest absolute Gasteiger partial charge is 0.479 e. The summed E-state index contributed by atoms with van der Waals surface area (Å²) in [5.41, 5.74) is 2.50. The van der Waals surface area contributed by atoms with Gasteiger partial charge in [0.15, 0.2) is 6.10 Å². The van der Waals surface area contributed by atoms with E-state index in [-0.39, 0.29) is 23.1 Å². The number of sulfonamides is 1. The summed E-state index contributed by atoms with van der Waals surface area (Å²) < 4.78 is 32.7. The van der Waals surface area contributed by atoms with Crippen molar-refractivity contribution in [3.05, 3.63) is 47.5 Å². The van der Waals surface area contributed by atoms with E-state index in [0.29, 0.717) is 16.9 Å². The van der Waals surface area contributed by atoms with Crippen LogP contribution in [0.5, 0.6) is 5.75 Å². The minimum absolute atomic E-state index is 0.0221. The maximum atomic E-state index is 13.1. The summed E-state index contributed by atoms with van der Waals surface area (Å²) in [5, 5.41) is 5.47. The molecule has 30 heavy (non-hydrogen) atoms. The van der Waals surface area contributed by atoms with Crippen LogP contribution < -0.4 is 15.4 Å². The molecule has 2 amide bonds. The topological polar surface area (TPSA) is 105 Å². The Bertz CT molecular complexity index is 1100. The number of para-hydroxylation sites is 1. The molecular weight excluding hydrogens is 406 g/mol. The van der Waals surface area contributed by atoms with Gasteiger partial charge >= 0.3 is 0 Å². The molecule has 1 aliphatic rings. The number of ether oxygens (including phenoxy) is 1. The molecule has 1 atom stereocenters. The molecule has 0 aliphatic carbocycles. The molecule has 1 heterocycles. The van der Waals surface area contributed by atoms with E-state index in [0.717, 1.165) is 16.3 Å². The molecule has 2 N–H and O–H groups in total. The van der Waals surface area contributed by atoms with E-state index in [1.54, 1.807) is 26.0 Å². The van der Waals surface area contributed by atoms with Gasteiger partial charge in [0.1, 0.15) is 5.75 Å². The fourth-order valence-electron chi connectivity index (χ4n) is 3.22. The first-order valence-electron chi connectivity index (χ1n) is 9.59. The highest BCUT2D eigenvalue weighted by molar-refractivity contribution is 7.89. The molecule has 1 aliphatic heterocycles. The second-order valence-corrected chi connectivity index (χ2v) is 9.20. The number of carbonyl (C=O) groups is 2. The van der Waals surface area contributed by atoms with Crippen molar-refractivity contribution in [1.82, 2.24) is 4.31 Å². The lowest BCUT2D eigenvalue weighted by molar-refractivity contribution is -0.122. The average molecular weight is 432 g/mol. The van der Waals surface area contributed by atoms with Gasteiger partial charge in [-0.1, -0.05) is 25.1 Å². The van der Waals surface area contributed by atoms with E-state index in [4.69, 9.17) is 4.74 Å². The summed E-state index contributed by atoms with van der Waals surface area (Å²) in [6, 6.07) is 10.3. The Morgan fingerprint density at radius 1 is 1.27 bits per heavy atom. The third-order valence-electron chi connectivity index (χ3n) is 4.93. The summed E-state index contributed by atoms with van der Waals surface area (Å²) >= 11 is 0. The van der Waals surface area contributed by atoms with Crippen molar-refractivity contribution in [2.24, 2.45) is 0 Å². The molecule has 0 saturated heterocycles. The number of carbonyl (C=O) groups excluding carboxylic acids is 2. The quantitative estimate of drug-likeness (QED) is 0.731. The predicted octanol–water partition coefficient (Wildman–Crippen LogP) is 2.54. The maximum absolute atomic E-state index is 13.1. The first kappa shape index (κ1) is 21.8. The maximum Gasteiger partial charge on any atom is 0.265 e. The van der Waals surface area contributed by atoms with E-state index >= 15 is 0 Å². The van der Waals surface area contributed by atoms with Gasteiger partial charge in [0.2, 0.25) is 15.9 Å². The Morgan fingerprint density at radius 2 is 1.97 bits per heavy atom. The molecular formula is C21H25N3O5S. The number of hydrogen-bond acceptors (Lipinski definition) is 5. The molecule has 9 heteroatoms. The lowest BCUT2D eigenvalue weighted by atomic mass is 10.1. The Morgan fingerprint density at radius 3 is 2.67 bits per heavy atom. The van der Waals surface area contributed by atoms with Crippen LogP contribution in [0, 0.1) is 6.92 Å². The molecule has 160 valence electrons. The van der Waals surface area contributed by atoms with E-state index in [1.807, 2.05) is 25.1 Å². The molecule has 3 rings (SSSR count). The van der Waals surface area contributed by atoms with Crippen LogP contribution in [0.3, 0.4) is 0 Å². The zero-order valence-electron chi connectivity index (χ0n) is 17.4. The van der Waals surface area contributed by atoms with Crippen LogP contribution in [0.25, 0.3) is 0 Å². The molecule has 0 fully saturated rings. The molecule has 2 aromatic carbocycles. The van der Waals surface area contributed by atoms with Crippen LogP contribution in [-0.4, -0.2) is 44.2 Å². The SMILES string of the molecule is CCc1ccccc1NC(=O)CN(C)S(=O)(=O)c1cc2c(cc1C)NC(=O)[C@H](C)O2. The average Bonchev–Trinajstić information content (AvgIpc) is 2.69. The van der Waals surface area contributed by atoms with Crippen molar-refractivity contribution in [3.63, 3.8) is 0 Å². The number of aryl methyl sites for hydroxylation is 2. The van der Waals surface area contributed by atoms with Crippen LogP contribution >= 0.6 is 0 Å². The van der Waals surface area contributed by atoms with Crippen molar-refractivity contribution in [2.75, 3.05) is 24.2 Å². The standard InChI is InChI=1S/C21H25N3O5S/c1-5-15-8-6-7-9-16(15)22-20(25)12-24(4)30(27,28)19-11-18-17(10-13(19)2)23-21(26)14(3)29-18/h6-11,14H,5,12H2,1-4H3,(H,22,25)(H,23,26)/t14-/m0/s1. The molecule has 0 aromatic heterocycles. The van der Waals surface area contributed by atoms with Gasteiger partial charge in [0.25, 0.3) is 5.91 Å². The van der Waals surface area contributed by atoms with Crippen LogP contribution in [0.15, 0.2) is 41.3 Å². The smallest absolute Gasteiger partial charge is 0.265 e. The minimum atomic E-state index is -3.96. The van der Waals surface area contributed by atoms with Crippen LogP contribution in [0.2, 0.25) is 0 Å². The van der Waals surface area contributed by atoms with Crippen molar-refractivity contribution >= 4 is 33.2 Å². The minimum Gasteiger partial charge on any atom is -0.479 e.